The van der Waals surface area contributed by atoms with Crippen molar-refractivity contribution in [1.82, 2.24) is 0 Å². The van der Waals surface area contributed by atoms with E-state index in [0.717, 1.165) is 12.1 Å². The number of benzene rings is 2. The van der Waals surface area contributed by atoms with Crippen molar-refractivity contribution in [3.8, 4) is 11.8 Å². The molecule has 2 N–H and O–H groups in total. The van der Waals surface area contributed by atoms with Crippen molar-refractivity contribution < 1.29 is 17.9 Å². The molecule has 0 bridgehead atoms. The lowest BCUT2D eigenvalue weighted by Gasteiger charge is -2.26. The molecular formula is C19H10F2N2O3. The van der Waals surface area contributed by atoms with Crippen molar-refractivity contribution in [3.05, 3.63) is 87.1 Å². The average Bonchev–Trinajstić information content (AvgIpc) is 2.60. The smallest absolute Gasteiger partial charge is 0.344 e. The second-order valence-corrected chi connectivity index (χ2v) is 5.76. The number of hydrogen-bond donors (Lipinski definition) is 1. The monoisotopic (exact) mass is 352 g/mol. The molecule has 0 amide bonds. The molecule has 3 aromatic rings. The molecule has 0 aliphatic carbocycles. The highest BCUT2D eigenvalue weighted by atomic mass is 19.1. The van der Waals surface area contributed by atoms with Gasteiger partial charge in [-0.3, -0.25) is 0 Å². The molecule has 0 radical (unpaired) electrons. The first kappa shape index (κ1) is 15.8. The summed E-state index contributed by atoms with van der Waals surface area (Å²) in [6, 6.07) is 11.3. The minimum Gasteiger partial charge on any atom is -0.439 e. The highest BCUT2D eigenvalue weighted by Crippen LogP contribution is 2.43. The van der Waals surface area contributed by atoms with E-state index in [-0.39, 0.29) is 33.9 Å². The van der Waals surface area contributed by atoms with Crippen molar-refractivity contribution in [1.29, 1.82) is 5.26 Å². The third-order valence-corrected chi connectivity index (χ3v) is 4.19. The fourth-order valence-corrected chi connectivity index (χ4v) is 3.14. The Kier molecular flexibility index (Phi) is 3.48. The predicted octanol–water partition coefficient (Wildman–Crippen LogP) is 3.29. The lowest BCUT2D eigenvalue weighted by atomic mass is 9.84. The molecule has 0 spiro atoms. The van der Waals surface area contributed by atoms with E-state index in [9.17, 15) is 18.8 Å². The lowest BCUT2D eigenvalue weighted by molar-refractivity contribution is 0.388. The molecule has 5 nitrogen and oxygen atoms in total. The summed E-state index contributed by atoms with van der Waals surface area (Å²) in [4.78, 5) is 12.6. The van der Waals surface area contributed by atoms with Crippen LogP contribution in [0.5, 0.6) is 5.75 Å². The summed E-state index contributed by atoms with van der Waals surface area (Å²) in [6.45, 7) is 0. The van der Waals surface area contributed by atoms with Crippen LogP contribution < -0.4 is 16.1 Å². The lowest BCUT2D eigenvalue weighted by Crippen LogP contribution is -2.26. The molecule has 1 aliphatic heterocycles. The molecule has 2 heterocycles. The molecule has 0 fully saturated rings. The quantitative estimate of drug-likeness (QED) is 0.679. The minimum atomic E-state index is -1.10. The highest BCUT2D eigenvalue weighted by Gasteiger charge is 2.35. The second-order valence-electron chi connectivity index (χ2n) is 5.76. The van der Waals surface area contributed by atoms with Crippen LogP contribution in [0.2, 0.25) is 0 Å². The zero-order valence-electron chi connectivity index (χ0n) is 13.1. The Morgan fingerprint density at radius 3 is 2.50 bits per heavy atom. The molecule has 4 rings (SSSR count). The van der Waals surface area contributed by atoms with Crippen LogP contribution in [0.4, 0.5) is 8.78 Å². The fraction of sp³-hybridized carbons (Fsp3) is 0.0526. The van der Waals surface area contributed by atoms with E-state index in [1.54, 1.807) is 24.3 Å². The minimum absolute atomic E-state index is 0.0283. The fourth-order valence-electron chi connectivity index (χ4n) is 3.14. The summed E-state index contributed by atoms with van der Waals surface area (Å²) in [7, 11) is 0. The van der Waals surface area contributed by atoms with Crippen molar-refractivity contribution in [2.45, 2.75) is 5.92 Å². The summed E-state index contributed by atoms with van der Waals surface area (Å²) in [5.74, 6) is -2.90. The van der Waals surface area contributed by atoms with Gasteiger partial charge in [0.2, 0.25) is 5.88 Å². The van der Waals surface area contributed by atoms with Gasteiger partial charge in [-0.15, -0.1) is 0 Å². The standard InChI is InChI=1S/C19H10F2N2O3/c20-10-5-9(6-11(21)7-10)15-13(8-22)18(23)26-17-12-3-1-2-4-14(12)25-19(24)16(15)17/h1-7,15H,23H2/t15-/m1/s1. The van der Waals surface area contributed by atoms with Crippen LogP contribution in [-0.4, -0.2) is 0 Å². The molecule has 128 valence electrons. The molecule has 0 saturated carbocycles. The average molecular weight is 352 g/mol. The molecule has 7 heteroatoms. The Morgan fingerprint density at radius 2 is 1.81 bits per heavy atom. The van der Waals surface area contributed by atoms with Crippen molar-refractivity contribution in [2.24, 2.45) is 5.73 Å². The van der Waals surface area contributed by atoms with E-state index < -0.39 is 23.2 Å². The van der Waals surface area contributed by atoms with Gasteiger partial charge < -0.3 is 14.9 Å². The maximum Gasteiger partial charge on any atom is 0.344 e. The number of fused-ring (bicyclic) bond motifs is 3. The van der Waals surface area contributed by atoms with Gasteiger partial charge in [0.05, 0.1) is 16.9 Å². The van der Waals surface area contributed by atoms with Gasteiger partial charge >= 0.3 is 5.63 Å². The summed E-state index contributed by atoms with van der Waals surface area (Å²) >= 11 is 0. The molecular weight excluding hydrogens is 342 g/mol. The van der Waals surface area contributed by atoms with Gasteiger partial charge in [-0.1, -0.05) is 12.1 Å². The normalized spacial score (nSPS) is 16.1. The molecule has 1 aromatic heterocycles. The Bertz CT molecular complexity index is 1170. The van der Waals surface area contributed by atoms with Gasteiger partial charge in [0, 0.05) is 6.07 Å². The van der Waals surface area contributed by atoms with Crippen LogP contribution in [0.3, 0.4) is 0 Å². The van der Waals surface area contributed by atoms with E-state index >= 15 is 0 Å². The number of ether oxygens (including phenoxy) is 1. The van der Waals surface area contributed by atoms with E-state index in [1.807, 2.05) is 6.07 Å². The predicted molar refractivity (Wildman–Crippen MR) is 88.1 cm³/mol. The summed E-state index contributed by atoms with van der Waals surface area (Å²) in [6.07, 6.45) is 0. The molecule has 2 aromatic carbocycles. The maximum absolute atomic E-state index is 13.7. The van der Waals surface area contributed by atoms with Gasteiger partial charge in [-0.2, -0.15) is 5.26 Å². The Hall–Kier alpha value is -3.66. The number of nitriles is 1. The van der Waals surface area contributed by atoms with Gasteiger partial charge in [0.15, 0.2) is 5.75 Å². The number of hydrogen-bond acceptors (Lipinski definition) is 5. The number of para-hydroxylation sites is 1. The third kappa shape index (κ3) is 2.31. The summed E-state index contributed by atoms with van der Waals surface area (Å²) in [5.41, 5.74) is 5.28. The largest absolute Gasteiger partial charge is 0.439 e. The first-order valence-corrected chi connectivity index (χ1v) is 7.59. The first-order valence-electron chi connectivity index (χ1n) is 7.59. The van der Waals surface area contributed by atoms with E-state index in [4.69, 9.17) is 14.9 Å². The molecule has 26 heavy (non-hydrogen) atoms. The van der Waals surface area contributed by atoms with Crippen molar-refractivity contribution >= 4 is 11.0 Å². The van der Waals surface area contributed by atoms with Crippen LogP contribution in [0.25, 0.3) is 11.0 Å². The SMILES string of the molecule is N#CC1=C(N)Oc2c(c(=O)oc3ccccc23)[C@@H]1c1cc(F)cc(F)c1. The van der Waals surface area contributed by atoms with Crippen LogP contribution in [0.1, 0.15) is 17.0 Å². The number of allylic oxidation sites excluding steroid dienone is 1. The molecule has 1 aliphatic rings. The van der Waals surface area contributed by atoms with Crippen molar-refractivity contribution in [2.75, 3.05) is 0 Å². The molecule has 1 atom stereocenters. The van der Waals surface area contributed by atoms with Gasteiger partial charge in [-0.05, 0) is 29.8 Å². The summed E-state index contributed by atoms with van der Waals surface area (Å²) in [5, 5.41) is 9.94. The zero-order chi connectivity index (χ0) is 18.4. The highest BCUT2D eigenvalue weighted by molar-refractivity contribution is 5.86. The number of halogens is 2. The molecule has 0 saturated heterocycles. The Balaban J connectivity index is 2.10. The first-order chi connectivity index (χ1) is 12.5. The Morgan fingerprint density at radius 1 is 1.12 bits per heavy atom. The van der Waals surface area contributed by atoms with Gasteiger partial charge in [0.1, 0.15) is 28.9 Å². The third-order valence-electron chi connectivity index (χ3n) is 4.19. The van der Waals surface area contributed by atoms with Gasteiger partial charge in [0.25, 0.3) is 0 Å². The van der Waals surface area contributed by atoms with Crippen LogP contribution >= 0.6 is 0 Å². The van der Waals surface area contributed by atoms with E-state index in [2.05, 4.69) is 0 Å². The van der Waals surface area contributed by atoms with Gasteiger partial charge in [-0.25, -0.2) is 13.6 Å². The van der Waals surface area contributed by atoms with Crippen LogP contribution in [-0.2, 0) is 0 Å². The van der Waals surface area contributed by atoms with Crippen molar-refractivity contribution in [3.63, 3.8) is 0 Å². The molecule has 0 unspecified atom stereocenters. The summed E-state index contributed by atoms with van der Waals surface area (Å²) < 4.78 is 38.3. The number of rotatable bonds is 1. The topological polar surface area (TPSA) is 89.3 Å². The van der Waals surface area contributed by atoms with E-state index in [1.165, 1.54) is 0 Å². The zero-order valence-corrected chi connectivity index (χ0v) is 13.1. The van der Waals surface area contributed by atoms with E-state index in [0.29, 0.717) is 11.5 Å². The van der Waals surface area contributed by atoms with Crippen LogP contribution in [0, 0.1) is 23.0 Å². The number of nitrogens with two attached hydrogens (primary N) is 1. The van der Waals surface area contributed by atoms with Crippen LogP contribution in [0.15, 0.2) is 63.1 Å². The number of nitrogens with zero attached hydrogens (tertiary/aromatic N) is 1. The maximum atomic E-state index is 13.7. The Labute approximate surface area is 145 Å². The second kappa shape index (κ2) is 5.70.